The van der Waals surface area contributed by atoms with Crippen LogP contribution in [0.2, 0.25) is 0 Å². The third-order valence-corrected chi connectivity index (χ3v) is 3.68. The van der Waals surface area contributed by atoms with Crippen LogP contribution in [-0.2, 0) is 6.42 Å². The van der Waals surface area contributed by atoms with Gasteiger partial charge in [0.1, 0.15) is 5.75 Å². The van der Waals surface area contributed by atoms with Gasteiger partial charge in [-0.25, -0.2) is 0 Å². The van der Waals surface area contributed by atoms with Gasteiger partial charge >= 0.3 is 0 Å². The second-order valence-corrected chi connectivity index (χ2v) is 5.53. The predicted octanol–water partition coefficient (Wildman–Crippen LogP) is 5.88. The highest BCUT2D eigenvalue weighted by molar-refractivity contribution is 5.64. The second kappa shape index (κ2) is 8.51. The number of unbranched alkanes of at least 4 members (excludes halogenated alkanes) is 2. The first kappa shape index (κ1) is 15.6. The Hall–Kier alpha value is -1.76. The van der Waals surface area contributed by atoms with E-state index in [4.69, 9.17) is 4.74 Å². The summed E-state index contributed by atoms with van der Waals surface area (Å²) in [7, 11) is 0. The van der Waals surface area contributed by atoms with Crippen molar-refractivity contribution in [3.63, 3.8) is 0 Å². The fourth-order valence-corrected chi connectivity index (χ4v) is 2.41. The van der Waals surface area contributed by atoms with Crippen molar-refractivity contribution in [2.24, 2.45) is 0 Å². The molecule has 0 aromatic heterocycles. The molecule has 21 heavy (non-hydrogen) atoms. The fraction of sp³-hybridized carbons (Fsp3) is 0.400. The van der Waals surface area contributed by atoms with E-state index in [-0.39, 0.29) is 0 Å². The van der Waals surface area contributed by atoms with E-state index in [1.807, 2.05) is 0 Å². The highest BCUT2D eigenvalue weighted by atomic mass is 16.5. The Bertz CT molecular complexity index is 511. The lowest BCUT2D eigenvalue weighted by Crippen LogP contribution is -1.94. The van der Waals surface area contributed by atoms with Crippen molar-refractivity contribution in [1.29, 1.82) is 0 Å². The number of benzene rings is 2. The number of ether oxygens (including phenoxy) is 1. The molecule has 0 fully saturated rings. The quantitative estimate of drug-likeness (QED) is 0.550. The minimum absolute atomic E-state index is 0.784. The Labute approximate surface area is 129 Å². The molecule has 0 saturated heterocycles. The first-order valence-corrected chi connectivity index (χ1v) is 8.15. The lowest BCUT2D eigenvalue weighted by atomic mass is 10.0. The molecule has 0 atom stereocenters. The fourth-order valence-electron chi connectivity index (χ4n) is 2.41. The number of rotatable bonds is 8. The highest BCUT2D eigenvalue weighted by Crippen LogP contribution is 2.23. The summed E-state index contributed by atoms with van der Waals surface area (Å²) in [4.78, 5) is 0. The van der Waals surface area contributed by atoms with E-state index < -0.39 is 0 Å². The van der Waals surface area contributed by atoms with E-state index in [0.717, 1.165) is 18.8 Å². The average molecular weight is 282 g/mol. The second-order valence-electron chi connectivity index (χ2n) is 5.53. The van der Waals surface area contributed by atoms with Crippen molar-refractivity contribution in [3.05, 3.63) is 54.1 Å². The Balaban J connectivity index is 1.97. The summed E-state index contributed by atoms with van der Waals surface area (Å²) in [6.07, 6.45) is 6.13. The van der Waals surface area contributed by atoms with Crippen LogP contribution in [0.25, 0.3) is 11.1 Å². The molecule has 1 heteroatoms. The smallest absolute Gasteiger partial charge is 0.119 e. The molecular weight excluding hydrogens is 256 g/mol. The molecule has 0 bridgehead atoms. The van der Waals surface area contributed by atoms with Gasteiger partial charge in [0.05, 0.1) is 6.61 Å². The Morgan fingerprint density at radius 1 is 0.714 bits per heavy atom. The molecule has 0 heterocycles. The summed E-state index contributed by atoms with van der Waals surface area (Å²) >= 11 is 0. The van der Waals surface area contributed by atoms with Gasteiger partial charge in [0.15, 0.2) is 0 Å². The molecule has 0 amide bonds. The van der Waals surface area contributed by atoms with E-state index in [1.54, 1.807) is 0 Å². The van der Waals surface area contributed by atoms with Crippen molar-refractivity contribution in [1.82, 2.24) is 0 Å². The summed E-state index contributed by atoms with van der Waals surface area (Å²) in [5.74, 6) is 0.955. The van der Waals surface area contributed by atoms with E-state index in [1.165, 1.54) is 42.4 Å². The Morgan fingerprint density at radius 3 is 1.90 bits per heavy atom. The van der Waals surface area contributed by atoms with Crippen LogP contribution in [0.4, 0.5) is 0 Å². The molecule has 2 rings (SSSR count). The molecule has 2 aromatic rings. The van der Waals surface area contributed by atoms with Crippen LogP contribution in [0.15, 0.2) is 48.5 Å². The molecular formula is C20H26O. The molecule has 0 spiro atoms. The highest BCUT2D eigenvalue weighted by Gasteiger charge is 2.00. The van der Waals surface area contributed by atoms with Crippen LogP contribution in [0.5, 0.6) is 5.75 Å². The van der Waals surface area contributed by atoms with Gasteiger partial charge in [-0.05, 0) is 48.1 Å². The summed E-state index contributed by atoms with van der Waals surface area (Å²) in [6.45, 7) is 5.15. The molecule has 0 aliphatic rings. The zero-order valence-electron chi connectivity index (χ0n) is 13.3. The zero-order valence-corrected chi connectivity index (χ0v) is 13.3. The SMILES string of the molecule is CCCCCc1ccc(-c2ccc(OCCC)cc2)cc1. The molecule has 1 nitrogen and oxygen atoms in total. The first-order valence-electron chi connectivity index (χ1n) is 8.15. The van der Waals surface area contributed by atoms with Gasteiger partial charge in [0.25, 0.3) is 0 Å². The summed E-state index contributed by atoms with van der Waals surface area (Å²) in [5, 5.41) is 0. The van der Waals surface area contributed by atoms with Gasteiger partial charge in [-0.2, -0.15) is 0 Å². The van der Waals surface area contributed by atoms with E-state index in [0.29, 0.717) is 0 Å². The van der Waals surface area contributed by atoms with Gasteiger partial charge < -0.3 is 4.74 Å². The Kier molecular flexibility index (Phi) is 6.33. The molecule has 0 aliphatic heterocycles. The van der Waals surface area contributed by atoms with Crippen molar-refractivity contribution in [2.45, 2.75) is 46.0 Å². The number of hydrogen-bond acceptors (Lipinski definition) is 1. The molecule has 2 aromatic carbocycles. The largest absolute Gasteiger partial charge is 0.494 e. The van der Waals surface area contributed by atoms with Crippen LogP contribution in [0, 0.1) is 0 Å². The van der Waals surface area contributed by atoms with Gasteiger partial charge in [-0.1, -0.05) is 63.1 Å². The zero-order chi connectivity index (χ0) is 14.9. The molecule has 112 valence electrons. The predicted molar refractivity (Wildman–Crippen MR) is 90.9 cm³/mol. The monoisotopic (exact) mass is 282 g/mol. The lowest BCUT2D eigenvalue weighted by Gasteiger charge is -2.07. The molecule has 0 radical (unpaired) electrons. The van der Waals surface area contributed by atoms with E-state index in [9.17, 15) is 0 Å². The standard InChI is InChI=1S/C20H26O/c1-3-5-6-7-17-8-10-18(11-9-17)19-12-14-20(15-13-19)21-16-4-2/h8-15H,3-7,16H2,1-2H3. The van der Waals surface area contributed by atoms with E-state index >= 15 is 0 Å². The molecule has 0 aliphatic carbocycles. The van der Waals surface area contributed by atoms with Crippen LogP contribution in [0.1, 0.15) is 45.1 Å². The van der Waals surface area contributed by atoms with Crippen molar-refractivity contribution < 1.29 is 4.74 Å². The average Bonchev–Trinajstić information content (AvgIpc) is 2.54. The topological polar surface area (TPSA) is 9.23 Å². The molecule has 0 N–H and O–H groups in total. The minimum Gasteiger partial charge on any atom is -0.494 e. The van der Waals surface area contributed by atoms with Crippen LogP contribution < -0.4 is 4.74 Å². The molecule has 0 saturated carbocycles. The van der Waals surface area contributed by atoms with Crippen molar-refractivity contribution >= 4 is 0 Å². The van der Waals surface area contributed by atoms with E-state index in [2.05, 4.69) is 62.4 Å². The third-order valence-electron chi connectivity index (χ3n) is 3.68. The summed E-state index contributed by atoms with van der Waals surface area (Å²) < 4.78 is 5.62. The summed E-state index contributed by atoms with van der Waals surface area (Å²) in [5.41, 5.74) is 3.96. The number of aryl methyl sites for hydroxylation is 1. The normalized spacial score (nSPS) is 10.6. The van der Waals surface area contributed by atoms with Crippen LogP contribution >= 0.6 is 0 Å². The van der Waals surface area contributed by atoms with Gasteiger partial charge in [-0.15, -0.1) is 0 Å². The molecule has 0 unspecified atom stereocenters. The van der Waals surface area contributed by atoms with Crippen LogP contribution in [0.3, 0.4) is 0 Å². The maximum atomic E-state index is 5.62. The van der Waals surface area contributed by atoms with Crippen molar-refractivity contribution in [3.8, 4) is 16.9 Å². The summed E-state index contributed by atoms with van der Waals surface area (Å²) in [6, 6.07) is 17.3. The van der Waals surface area contributed by atoms with Gasteiger partial charge in [-0.3, -0.25) is 0 Å². The van der Waals surface area contributed by atoms with Gasteiger partial charge in [0, 0.05) is 0 Å². The Morgan fingerprint density at radius 2 is 1.33 bits per heavy atom. The maximum Gasteiger partial charge on any atom is 0.119 e. The minimum atomic E-state index is 0.784. The van der Waals surface area contributed by atoms with Crippen molar-refractivity contribution in [2.75, 3.05) is 6.61 Å². The lowest BCUT2D eigenvalue weighted by molar-refractivity contribution is 0.317. The number of hydrogen-bond donors (Lipinski definition) is 0. The third kappa shape index (κ3) is 4.93. The van der Waals surface area contributed by atoms with Gasteiger partial charge in [0.2, 0.25) is 0 Å². The maximum absolute atomic E-state index is 5.62. The first-order chi connectivity index (χ1) is 10.3. The van der Waals surface area contributed by atoms with Crippen LogP contribution in [-0.4, -0.2) is 6.61 Å².